The lowest BCUT2D eigenvalue weighted by Crippen LogP contribution is -2.63. The number of carbonyl (C=O) groups excluding carboxylic acids is 3. The Hall–Kier alpha value is -2.31. The van der Waals surface area contributed by atoms with Gasteiger partial charge in [0.15, 0.2) is 11.4 Å². The highest BCUT2D eigenvalue weighted by atomic mass is 16.6. The first-order valence-electron chi connectivity index (χ1n) is 12.5. The van der Waals surface area contributed by atoms with Crippen LogP contribution < -0.4 is 0 Å². The molecule has 0 heterocycles. The Kier molecular flexibility index (Phi) is 5.60. The molecule has 0 amide bonds. The number of esters is 1. The second kappa shape index (κ2) is 8.13. The molecule has 182 valence electrons. The Morgan fingerprint density at radius 1 is 1.09 bits per heavy atom. The Morgan fingerprint density at radius 3 is 2.53 bits per heavy atom. The third-order valence-corrected chi connectivity index (χ3v) is 9.89. The third-order valence-electron chi connectivity index (χ3n) is 9.89. The van der Waals surface area contributed by atoms with Crippen molar-refractivity contribution in [2.45, 2.75) is 70.5 Å². The fourth-order valence-corrected chi connectivity index (χ4v) is 8.28. The molecule has 1 unspecified atom stereocenters. The molecule has 0 aromatic heterocycles. The first-order chi connectivity index (χ1) is 16.2. The van der Waals surface area contributed by atoms with Gasteiger partial charge >= 0.3 is 5.97 Å². The summed E-state index contributed by atoms with van der Waals surface area (Å²) in [6, 6.07) is 8.60. The summed E-state index contributed by atoms with van der Waals surface area (Å²) in [5, 5.41) is 21.5. The summed E-state index contributed by atoms with van der Waals surface area (Å²) in [6.45, 7) is 3.44. The van der Waals surface area contributed by atoms with Crippen LogP contribution in [-0.2, 0) is 14.3 Å². The monoisotopic (exact) mass is 466 g/mol. The lowest BCUT2D eigenvalue weighted by molar-refractivity contribution is -0.183. The summed E-state index contributed by atoms with van der Waals surface area (Å²) in [6.07, 6.45) is 5.38. The molecule has 4 aliphatic carbocycles. The van der Waals surface area contributed by atoms with Gasteiger partial charge in [-0.3, -0.25) is 9.59 Å². The highest BCUT2D eigenvalue weighted by molar-refractivity contribution is 5.96. The van der Waals surface area contributed by atoms with E-state index in [9.17, 15) is 24.6 Å². The maximum absolute atomic E-state index is 13.3. The van der Waals surface area contributed by atoms with E-state index in [4.69, 9.17) is 4.74 Å². The number of hydrogen-bond acceptors (Lipinski definition) is 6. The lowest BCUT2D eigenvalue weighted by atomic mass is 9.45. The number of ketones is 2. The van der Waals surface area contributed by atoms with Crippen molar-refractivity contribution in [1.82, 2.24) is 0 Å². The number of ether oxygens (including phenoxy) is 1. The van der Waals surface area contributed by atoms with Crippen LogP contribution in [0.3, 0.4) is 0 Å². The first-order valence-corrected chi connectivity index (χ1v) is 12.5. The van der Waals surface area contributed by atoms with Crippen LogP contribution in [0, 0.1) is 28.6 Å². The molecule has 2 N–H and O–H groups in total. The van der Waals surface area contributed by atoms with Crippen molar-refractivity contribution in [2.24, 2.45) is 28.6 Å². The molecule has 3 saturated carbocycles. The molecule has 4 aliphatic rings. The minimum atomic E-state index is -1.47. The van der Waals surface area contributed by atoms with Gasteiger partial charge in [0.2, 0.25) is 5.78 Å². The highest BCUT2D eigenvalue weighted by Crippen LogP contribution is 2.68. The van der Waals surface area contributed by atoms with Crippen molar-refractivity contribution in [3.05, 3.63) is 47.5 Å². The predicted octanol–water partition coefficient (Wildman–Crippen LogP) is 3.65. The van der Waals surface area contributed by atoms with E-state index in [0.29, 0.717) is 31.2 Å². The molecule has 0 radical (unpaired) electrons. The van der Waals surface area contributed by atoms with Crippen molar-refractivity contribution in [3.63, 3.8) is 0 Å². The minimum absolute atomic E-state index is 0.00327. The fourth-order valence-electron chi connectivity index (χ4n) is 8.28. The van der Waals surface area contributed by atoms with E-state index in [1.165, 1.54) is 0 Å². The number of fused-ring (bicyclic) bond motifs is 5. The Bertz CT molecular complexity index is 1050. The van der Waals surface area contributed by atoms with Gasteiger partial charge in [-0.05, 0) is 79.9 Å². The topological polar surface area (TPSA) is 101 Å². The maximum Gasteiger partial charge on any atom is 0.339 e. The number of benzene rings is 1. The van der Waals surface area contributed by atoms with Crippen LogP contribution in [0.2, 0.25) is 0 Å². The summed E-state index contributed by atoms with van der Waals surface area (Å²) < 4.78 is 6.07. The predicted molar refractivity (Wildman–Crippen MR) is 125 cm³/mol. The molecule has 0 bridgehead atoms. The summed E-state index contributed by atoms with van der Waals surface area (Å²) in [5.74, 6) is -0.652. The molecule has 3 fully saturated rings. The minimum Gasteiger partial charge on any atom is -0.447 e. The van der Waals surface area contributed by atoms with Crippen LogP contribution in [0.25, 0.3) is 0 Å². The van der Waals surface area contributed by atoms with Crippen molar-refractivity contribution in [1.29, 1.82) is 0 Å². The maximum atomic E-state index is 13.3. The number of carbonyl (C=O) groups is 3. The standard InChI is InChI=1S/C28H34O6/c1-26-12-10-19(30)14-18(26)8-9-20-21-11-13-28(23(32)16-29,27(21,2)15-22(31)24(20)26)34-25(33)17-6-4-3-5-7-17/h3-7,14,20-22,24,29,31H,8-13,15-16H2,1-2H3/t20-,21-,22-,24?,26-,27-,28-/m0/s1. The zero-order valence-electron chi connectivity index (χ0n) is 20.0. The molecule has 0 aliphatic heterocycles. The molecule has 7 atom stereocenters. The number of aliphatic hydroxyl groups is 2. The fraction of sp³-hybridized carbons (Fsp3) is 0.607. The van der Waals surface area contributed by atoms with Crippen LogP contribution in [0.5, 0.6) is 0 Å². The van der Waals surface area contributed by atoms with Gasteiger partial charge in [-0.2, -0.15) is 0 Å². The smallest absolute Gasteiger partial charge is 0.339 e. The first kappa shape index (κ1) is 23.4. The Balaban J connectivity index is 1.53. The number of allylic oxidation sites excluding steroid dienone is 1. The second-order valence-corrected chi connectivity index (χ2v) is 11.3. The molecule has 6 nitrogen and oxygen atoms in total. The van der Waals surface area contributed by atoms with E-state index < -0.39 is 35.5 Å². The molecule has 1 aromatic carbocycles. The van der Waals surface area contributed by atoms with Crippen LogP contribution in [0.4, 0.5) is 0 Å². The van der Waals surface area contributed by atoms with Gasteiger partial charge in [-0.15, -0.1) is 0 Å². The van der Waals surface area contributed by atoms with Crippen molar-refractivity contribution < 1.29 is 29.3 Å². The van der Waals surface area contributed by atoms with E-state index in [-0.39, 0.29) is 29.0 Å². The quantitative estimate of drug-likeness (QED) is 0.657. The van der Waals surface area contributed by atoms with Gasteiger partial charge in [0.25, 0.3) is 0 Å². The van der Waals surface area contributed by atoms with Gasteiger partial charge in [0, 0.05) is 11.8 Å². The number of hydrogen-bond donors (Lipinski definition) is 2. The molecule has 5 rings (SSSR count). The molecule has 0 saturated heterocycles. The van der Waals surface area contributed by atoms with E-state index in [1.54, 1.807) is 36.4 Å². The highest BCUT2D eigenvalue weighted by Gasteiger charge is 2.70. The van der Waals surface area contributed by atoms with Crippen molar-refractivity contribution in [2.75, 3.05) is 6.61 Å². The third kappa shape index (κ3) is 3.18. The summed E-state index contributed by atoms with van der Waals surface area (Å²) in [5.41, 5.74) is -0.963. The van der Waals surface area contributed by atoms with Gasteiger partial charge < -0.3 is 14.9 Å². The average Bonchev–Trinajstić information content (AvgIpc) is 3.11. The van der Waals surface area contributed by atoms with Crippen LogP contribution in [0.15, 0.2) is 42.0 Å². The van der Waals surface area contributed by atoms with Gasteiger partial charge in [0.05, 0.1) is 11.7 Å². The lowest BCUT2D eigenvalue weighted by Gasteiger charge is -2.60. The Labute approximate surface area is 200 Å². The van der Waals surface area contributed by atoms with Crippen LogP contribution in [0.1, 0.15) is 69.2 Å². The number of rotatable bonds is 4. The summed E-state index contributed by atoms with van der Waals surface area (Å²) in [7, 11) is 0. The SMILES string of the molecule is C[C@]12CCC(=O)C=C1CC[C@@H]1C2[C@@H](O)C[C@@]2(C)[C@H]1CC[C@]2(OC(=O)c1ccccc1)C(=O)CO. The van der Waals surface area contributed by atoms with E-state index >= 15 is 0 Å². The van der Waals surface area contributed by atoms with Gasteiger partial charge in [-0.25, -0.2) is 4.79 Å². The zero-order valence-corrected chi connectivity index (χ0v) is 20.0. The largest absolute Gasteiger partial charge is 0.447 e. The molecule has 1 aromatic rings. The Morgan fingerprint density at radius 2 is 1.82 bits per heavy atom. The van der Waals surface area contributed by atoms with E-state index in [1.807, 2.05) is 6.92 Å². The van der Waals surface area contributed by atoms with Crippen LogP contribution >= 0.6 is 0 Å². The summed E-state index contributed by atoms with van der Waals surface area (Å²) in [4.78, 5) is 38.5. The molecule has 34 heavy (non-hydrogen) atoms. The molecular formula is C28H34O6. The van der Waals surface area contributed by atoms with Crippen molar-refractivity contribution >= 4 is 17.5 Å². The average molecular weight is 467 g/mol. The van der Waals surface area contributed by atoms with E-state index in [0.717, 1.165) is 24.8 Å². The molecule has 6 heteroatoms. The molecule has 0 spiro atoms. The number of aliphatic hydroxyl groups excluding tert-OH is 2. The van der Waals surface area contributed by atoms with Gasteiger partial charge in [-0.1, -0.05) is 37.6 Å². The van der Waals surface area contributed by atoms with Gasteiger partial charge in [0.1, 0.15) is 6.61 Å². The second-order valence-electron chi connectivity index (χ2n) is 11.3. The van der Waals surface area contributed by atoms with Crippen molar-refractivity contribution in [3.8, 4) is 0 Å². The normalized spacial score (nSPS) is 41.1. The summed E-state index contributed by atoms with van der Waals surface area (Å²) >= 11 is 0. The molecular weight excluding hydrogens is 432 g/mol. The zero-order chi connectivity index (χ0) is 24.3. The number of Topliss-reactive ketones (excluding diaryl/α,β-unsaturated/α-hetero) is 1. The van der Waals surface area contributed by atoms with Crippen LogP contribution in [-0.4, -0.2) is 46.1 Å². The van der Waals surface area contributed by atoms with E-state index in [2.05, 4.69) is 6.92 Å².